The van der Waals surface area contributed by atoms with Crippen molar-refractivity contribution in [3.05, 3.63) is 46.8 Å². The van der Waals surface area contributed by atoms with E-state index in [0.29, 0.717) is 12.8 Å². The highest BCUT2D eigenvalue weighted by atomic mass is 16.4. The van der Waals surface area contributed by atoms with Crippen molar-refractivity contribution in [2.45, 2.75) is 66.0 Å². The van der Waals surface area contributed by atoms with Crippen LogP contribution in [0.3, 0.4) is 0 Å². The predicted octanol–water partition coefficient (Wildman–Crippen LogP) is 3.32. The summed E-state index contributed by atoms with van der Waals surface area (Å²) >= 11 is 0. The summed E-state index contributed by atoms with van der Waals surface area (Å²) in [5, 5.41) is 27.6. The SMILES string of the molecule is CCCn1cc(CCC(c2ccc(C)c(CO)c2)C(C)(C)C(=O)O)nn1. The van der Waals surface area contributed by atoms with Gasteiger partial charge in [-0.2, -0.15) is 0 Å². The third kappa shape index (κ3) is 4.49. The highest BCUT2D eigenvalue weighted by molar-refractivity contribution is 5.75. The Morgan fingerprint density at radius 1 is 1.35 bits per heavy atom. The van der Waals surface area contributed by atoms with Crippen LogP contribution in [0.25, 0.3) is 0 Å². The first-order valence-electron chi connectivity index (χ1n) is 9.12. The number of carboxylic acids is 1. The van der Waals surface area contributed by atoms with Gasteiger partial charge < -0.3 is 10.2 Å². The van der Waals surface area contributed by atoms with Gasteiger partial charge in [-0.25, -0.2) is 0 Å². The Balaban J connectivity index is 2.28. The number of benzene rings is 1. The van der Waals surface area contributed by atoms with Crippen LogP contribution < -0.4 is 0 Å². The van der Waals surface area contributed by atoms with Crippen molar-refractivity contribution in [3.63, 3.8) is 0 Å². The van der Waals surface area contributed by atoms with Crippen LogP contribution in [0.1, 0.15) is 61.9 Å². The van der Waals surface area contributed by atoms with Crippen LogP contribution in [0.5, 0.6) is 0 Å². The van der Waals surface area contributed by atoms with Crippen molar-refractivity contribution in [3.8, 4) is 0 Å². The molecule has 1 heterocycles. The van der Waals surface area contributed by atoms with Crippen molar-refractivity contribution < 1.29 is 15.0 Å². The molecule has 142 valence electrons. The van der Waals surface area contributed by atoms with Crippen molar-refractivity contribution in [1.82, 2.24) is 15.0 Å². The molecule has 0 saturated carbocycles. The quantitative estimate of drug-likeness (QED) is 0.717. The molecular weight excluding hydrogens is 330 g/mol. The summed E-state index contributed by atoms with van der Waals surface area (Å²) in [5.41, 5.74) is 2.72. The maximum absolute atomic E-state index is 11.9. The number of carbonyl (C=O) groups is 1. The number of hydrogen-bond acceptors (Lipinski definition) is 4. The fourth-order valence-electron chi connectivity index (χ4n) is 3.26. The van der Waals surface area contributed by atoms with E-state index in [4.69, 9.17) is 0 Å². The molecule has 0 aliphatic rings. The molecule has 1 unspecified atom stereocenters. The number of aromatic nitrogens is 3. The second-order valence-corrected chi connectivity index (χ2v) is 7.44. The minimum Gasteiger partial charge on any atom is -0.481 e. The molecule has 2 N–H and O–H groups in total. The molecule has 0 fully saturated rings. The third-order valence-corrected chi connectivity index (χ3v) is 5.10. The van der Waals surface area contributed by atoms with E-state index in [1.807, 2.05) is 36.0 Å². The second kappa shape index (κ2) is 8.45. The van der Waals surface area contributed by atoms with Gasteiger partial charge in [0, 0.05) is 12.7 Å². The van der Waals surface area contributed by atoms with E-state index in [0.717, 1.165) is 35.3 Å². The smallest absolute Gasteiger partial charge is 0.309 e. The van der Waals surface area contributed by atoms with Crippen LogP contribution in [-0.4, -0.2) is 31.2 Å². The molecule has 1 atom stereocenters. The summed E-state index contributed by atoms with van der Waals surface area (Å²) < 4.78 is 1.82. The standard InChI is InChI=1S/C20H29N3O3/c1-5-10-23-12-17(21-22-23)8-9-18(20(3,4)19(25)26)15-7-6-14(2)16(11-15)13-24/h6-7,11-12,18,24H,5,8-10,13H2,1-4H3,(H,25,26). The van der Waals surface area contributed by atoms with Gasteiger partial charge in [-0.3, -0.25) is 9.48 Å². The molecule has 2 rings (SSSR count). The summed E-state index contributed by atoms with van der Waals surface area (Å²) in [5.74, 6) is -1.02. The number of nitrogens with zero attached hydrogens (tertiary/aromatic N) is 3. The topological polar surface area (TPSA) is 88.2 Å². The van der Waals surface area contributed by atoms with Crippen LogP contribution in [0.4, 0.5) is 0 Å². The largest absolute Gasteiger partial charge is 0.481 e. The molecule has 0 bridgehead atoms. The molecule has 0 aliphatic heterocycles. The van der Waals surface area contributed by atoms with Gasteiger partial charge in [0.2, 0.25) is 0 Å². The van der Waals surface area contributed by atoms with Gasteiger partial charge in [0.15, 0.2) is 0 Å². The Labute approximate surface area is 154 Å². The zero-order chi connectivity index (χ0) is 19.3. The van der Waals surface area contributed by atoms with Gasteiger partial charge >= 0.3 is 5.97 Å². The Kier molecular flexibility index (Phi) is 6.53. The van der Waals surface area contributed by atoms with Crippen molar-refractivity contribution in [2.75, 3.05) is 0 Å². The molecule has 0 saturated heterocycles. The fourth-order valence-corrected chi connectivity index (χ4v) is 3.26. The molecule has 0 amide bonds. The number of aliphatic hydroxyl groups is 1. The van der Waals surface area contributed by atoms with Gasteiger partial charge in [0.05, 0.1) is 17.7 Å². The van der Waals surface area contributed by atoms with E-state index in [-0.39, 0.29) is 12.5 Å². The summed E-state index contributed by atoms with van der Waals surface area (Å²) in [4.78, 5) is 11.9. The van der Waals surface area contributed by atoms with Crippen LogP contribution in [0.15, 0.2) is 24.4 Å². The summed E-state index contributed by atoms with van der Waals surface area (Å²) in [6.07, 6.45) is 4.23. The molecule has 6 nitrogen and oxygen atoms in total. The van der Waals surface area contributed by atoms with Gasteiger partial charge in [-0.1, -0.05) is 30.3 Å². The van der Waals surface area contributed by atoms with Gasteiger partial charge in [-0.15, -0.1) is 5.10 Å². The molecule has 1 aromatic heterocycles. The summed E-state index contributed by atoms with van der Waals surface area (Å²) in [7, 11) is 0. The van der Waals surface area contributed by atoms with Crippen LogP contribution in [-0.2, 0) is 24.4 Å². The first-order valence-corrected chi connectivity index (χ1v) is 9.12. The Morgan fingerprint density at radius 3 is 2.69 bits per heavy atom. The molecule has 2 aromatic rings. The molecule has 26 heavy (non-hydrogen) atoms. The van der Waals surface area contributed by atoms with Crippen molar-refractivity contribution >= 4 is 5.97 Å². The lowest BCUT2D eigenvalue weighted by molar-refractivity contribution is -0.148. The highest BCUT2D eigenvalue weighted by Gasteiger charge is 2.37. The van der Waals surface area contributed by atoms with E-state index < -0.39 is 11.4 Å². The number of aryl methyl sites for hydroxylation is 3. The molecule has 0 aliphatic carbocycles. The van der Waals surface area contributed by atoms with E-state index in [1.165, 1.54) is 0 Å². The third-order valence-electron chi connectivity index (χ3n) is 5.10. The van der Waals surface area contributed by atoms with E-state index in [2.05, 4.69) is 17.2 Å². The summed E-state index contributed by atoms with van der Waals surface area (Å²) in [6, 6.07) is 5.85. The first-order chi connectivity index (χ1) is 12.3. The minimum atomic E-state index is -0.929. The van der Waals surface area contributed by atoms with Crippen molar-refractivity contribution in [2.24, 2.45) is 5.41 Å². The Hall–Kier alpha value is -2.21. The summed E-state index contributed by atoms with van der Waals surface area (Å²) in [6.45, 7) is 8.32. The zero-order valence-electron chi connectivity index (χ0n) is 16.1. The van der Waals surface area contributed by atoms with Crippen molar-refractivity contribution in [1.29, 1.82) is 0 Å². The fraction of sp³-hybridized carbons (Fsp3) is 0.550. The maximum Gasteiger partial charge on any atom is 0.309 e. The number of rotatable bonds is 9. The lowest BCUT2D eigenvalue weighted by atomic mass is 9.72. The lowest BCUT2D eigenvalue weighted by Gasteiger charge is -2.31. The predicted molar refractivity (Wildman–Crippen MR) is 99.9 cm³/mol. The number of hydrogen-bond donors (Lipinski definition) is 2. The average Bonchev–Trinajstić information content (AvgIpc) is 3.04. The molecule has 0 radical (unpaired) electrons. The van der Waals surface area contributed by atoms with E-state index in [9.17, 15) is 15.0 Å². The molecular formula is C20H29N3O3. The maximum atomic E-state index is 11.9. The van der Waals surface area contributed by atoms with Crippen LogP contribution in [0.2, 0.25) is 0 Å². The van der Waals surface area contributed by atoms with Gasteiger partial charge in [0.1, 0.15) is 0 Å². The zero-order valence-corrected chi connectivity index (χ0v) is 16.1. The van der Waals surface area contributed by atoms with E-state index >= 15 is 0 Å². The first kappa shape index (κ1) is 20.1. The monoisotopic (exact) mass is 359 g/mol. The minimum absolute atomic E-state index is 0.0504. The van der Waals surface area contributed by atoms with E-state index in [1.54, 1.807) is 13.8 Å². The number of carboxylic acid groups (broad SMARTS) is 1. The number of aliphatic hydroxyl groups excluding tert-OH is 1. The number of aliphatic carboxylic acids is 1. The molecule has 6 heteroatoms. The highest BCUT2D eigenvalue weighted by Crippen LogP contribution is 2.39. The average molecular weight is 359 g/mol. The van der Waals surface area contributed by atoms with Gasteiger partial charge in [-0.05, 0) is 62.6 Å². The second-order valence-electron chi connectivity index (χ2n) is 7.44. The Bertz CT molecular complexity index is 753. The lowest BCUT2D eigenvalue weighted by Crippen LogP contribution is -2.32. The van der Waals surface area contributed by atoms with Gasteiger partial charge in [0.25, 0.3) is 0 Å². The normalized spacial score (nSPS) is 13.0. The Morgan fingerprint density at radius 2 is 2.08 bits per heavy atom. The molecule has 1 aromatic carbocycles. The van der Waals surface area contributed by atoms with Crippen LogP contribution in [0, 0.1) is 12.3 Å². The van der Waals surface area contributed by atoms with Crippen LogP contribution >= 0.6 is 0 Å². The molecule has 0 spiro atoms.